The second-order valence-corrected chi connectivity index (χ2v) is 5.31. The van der Waals surface area contributed by atoms with Gasteiger partial charge in [0.1, 0.15) is 0 Å². The summed E-state index contributed by atoms with van der Waals surface area (Å²) in [5.74, 6) is 0. The summed E-state index contributed by atoms with van der Waals surface area (Å²) in [4.78, 5) is 0. The van der Waals surface area contributed by atoms with Gasteiger partial charge >= 0.3 is 0 Å². The number of aliphatic hydroxyl groups is 1. The number of ether oxygens (including phenoxy) is 1. The van der Waals surface area contributed by atoms with Gasteiger partial charge in [-0.05, 0) is 38.0 Å². The van der Waals surface area contributed by atoms with Crippen LogP contribution in [0.25, 0.3) is 0 Å². The molecule has 1 aromatic rings. The summed E-state index contributed by atoms with van der Waals surface area (Å²) < 4.78 is 5.56. The molecule has 0 radical (unpaired) electrons. The minimum absolute atomic E-state index is 0.0758. The summed E-state index contributed by atoms with van der Waals surface area (Å²) in [6.07, 6.45) is 0.534. The minimum atomic E-state index is -0.572. The van der Waals surface area contributed by atoms with E-state index in [1.807, 2.05) is 6.92 Å². The monoisotopic (exact) mass is 260 g/mol. The van der Waals surface area contributed by atoms with Crippen molar-refractivity contribution in [3.63, 3.8) is 0 Å². The van der Waals surface area contributed by atoms with Crippen LogP contribution in [-0.4, -0.2) is 29.9 Å². The summed E-state index contributed by atoms with van der Waals surface area (Å²) in [6, 6.07) is 9.10. The first-order valence-electron chi connectivity index (χ1n) is 6.60. The van der Waals surface area contributed by atoms with Crippen LogP contribution in [0.5, 0.6) is 0 Å². The van der Waals surface area contributed by atoms with Gasteiger partial charge in [-0.25, -0.2) is 0 Å². The van der Waals surface area contributed by atoms with E-state index in [2.05, 4.69) is 18.3 Å². The van der Waals surface area contributed by atoms with Gasteiger partial charge in [-0.2, -0.15) is 5.26 Å². The van der Waals surface area contributed by atoms with Crippen molar-refractivity contribution in [2.45, 2.75) is 38.0 Å². The summed E-state index contributed by atoms with van der Waals surface area (Å²) in [5.41, 5.74) is 1.35. The van der Waals surface area contributed by atoms with Gasteiger partial charge in [0.15, 0.2) is 0 Å². The number of hydrogen-bond donors (Lipinski definition) is 2. The summed E-state index contributed by atoms with van der Waals surface area (Å²) in [6.45, 7) is 5.41. The molecule has 1 aromatic carbocycles. The maximum atomic E-state index is 10.2. The maximum Gasteiger partial charge on any atom is 0.0991 e. The van der Waals surface area contributed by atoms with Crippen molar-refractivity contribution in [3.05, 3.63) is 35.4 Å². The molecular formula is C15H20N2O2. The number of nitrogens with one attached hydrogen (secondary N) is 1. The van der Waals surface area contributed by atoms with Gasteiger partial charge in [-0.1, -0.05) is 12.1 Å². The Morgan fingerprint density at radius 3 is 2.74 bits per heavy atom. The lowest BCUT2D eigenvalue weighted by Gasteiger charge is -2.30. The van der Waals surface area contributed by atoms with Crippen LogP contribution in [-0.2, 0) is 4.74 Å². The van der Waals surface area contributed by atoms with Crippen molar-refractivity contribution in [2.75, 3.05) is 13.2 Å². The van der Waals surface area contributed by atoms with E-state index >= 15 is 0 Å². The van der Waals surface area contributed by atoms with Crippen molar-refractivity contribution in [3.8, 4) is 6.07 Å². The molecule has 3 atom stereocenters. The van der Waals surface area contributed by atoms with E-state index < -0.39 is 6.10 Å². The Labute approximate surface area is 114 Å². The molecule has 102 valence electrons. The van der Waals surface area contributed by atoms with Crippen molar-refractivity contribution < 1.29 is 9.84 Å². The van der Waals surface area contributed by atoms with Crippen LogP contribution in [0.1, 0.15) is 37.5 Å². The molecule has 1 aliphatic rings. The van der Waals surface area contributed by atoms with Crippen LogP contribution in [0.15, 0.2) is 24.3 Å². The Morgan fingerprint density at radius 1 is 1.53 bits per heavy atom. The van der Waals surface area contributed by atoms with E-state index in [1.54, 1.807) is 24.3 Å². The van der Waals surface area contributed by atoms with E-state index in [9.17, 15) is 5.11 Å². The Kier molecular flexibility index (Phi) is 4.20. The Bertz CT molecular complexity index is 466. The predicted octanol–water partition coefficient (Wildman–Crippen LogP) is 1.75. The average Bonchev–Trinajstić information content (AvgIpc) is 2.77. The molecule has 0 aliphatic carbocycles. The quantitative estimate of drug-likeness (QED) is 0.865. The lowest BCUT2D eigenvalue weighted by molar-refractivity contribution is 0.0800. The molecule has 4 heteroatoms. The standard InChI is InChI=1S/C15H20N2O2/c1-11-15(2,7-8-19-11)17-10-14(18)13-5-3-12(9-16)4-6-13/h3-6,11,14,17-18H,7-8,10H2,1-2H3. The third-order valence-electron chi connectivity index (χ3n) is 4.01. The Morgan fingerprint density at radius 2 is 2.21 bits per heavy atom. The van der Waals surface area contributed by atoms with E-state index in [0.29, 0.717) is 12.1 Å². The number of benzene rings is 1. The highest BCUT2D eigenvalue weighted by Gasteiger charge is 2.36. The molecule has 2 rings (SSSR count). The molecular weight excluding hydrogens is 240 g/mol. The largest absolute Gasteiger partial charge is 0.387 e. The van der Waals surface area contributed by atoms with Crippen molar-refractivity contribution in [2.24, 2.45) is 0 Å². The third kappa shape index (κ3) is 3.13. The highest BCUT2D eigenvalue weighted by Crippen LogP contribution is 2.25. The molecule has 0 spiro atoms. The highest BCUT2D eigenvalue weighted by molar-refractivity contribution is 5.32. The molecule has 4 nitrogen and oxygen atoms in total. The first-order chi connectivity index (χ1) is 9.05. The van der Waals surface area contributed by atoms with Crippen molar-refractivity contribution >= 4 is 0 Å². The Balaban J connectivity index is 1.93. The van der Waals surface area contributed by atoms with Crippen LogP contribution < -0.4 is 5.32 Å². The SMILES string of the molecule is CC1OCCC1(C)NCC(O)c1ccc(C#N)cc1. The van der Waals surface area contributed by atoms with Gasteiger partial charge < -0.3 is 15.2 Å². The lowest BCUT2D eigenvalue weighted by Crippen LogP contribution is -2.49. The Hall–Kier alpha value is -1.41. The van der Waals surface area contributed by atoms with E-state index in [1.165, 1.54) is 0 Å². The number of nitrogens with zero attached hydrogens (tertiary/aromatic N) is 1. The zero-order valence-corrected chi connectivity index (χ0v) is 11.4. The number of hydrogen-bond acceptors (Lipinski definition) is 4. The number of rotatable bonds is 4. The third-order valence-corrected chi connectivity index (χ3v) is 4.01. The minimum Gasteiger partial charge on any atom is -0.387 e. The zero-order valence-electron chi connectivity index (χ0n) is 11.4. The first-order valence-corrected chi connectivity index (χ1v) is 6.60. The fraction of sp³-hybridized carbons (Fsp3) is 0.533. The number of aliphatic hydroxyl groups excluding tert-OH is 1. The first kappa shape index (κ1) is 14.0. The second kappa shape index (κ2) is 5.70. The van der Waals surface area contributed by atoms with E-state index in [-0.39, 0.29) is 11.6 Å². The van der Waals surface area contributed by atoms with Crippen LogP contribution >= 0.6 is 0 Å². The zero-order chi connectivity index (χ0) is 13.9. The van der Waals surface area contributed by atoms with Gasteiger partial charge in [-0.3, -0.25) is 0 Å². The van der Waals surface area contributed by atoms with Crippen molar-refractivity contribution in [1.29, 1.82) is 5.26 Å². The fourth-order valence-corrected chi connectivity index (χ4v) is 2.29. The number of nitriles is 1. The predicted molar refractivity (Wildman–Crippen MR) is 72.6 cm³/mol. The van der Waals surface area contributed by atoms with Gasteiger partial charge in [0.25, 0.3) is 0 Å². The van der Waals surface area contributed by atoms with E-state index in [4.69, 9.17) is 10.00 Å². The molecule has 3 unspecified atom stereocenters. The molecule has 0 bridgehead atoms. The van der Waals surface area contributed by atoms with Crippen LogP contribution in [0.2, 0.25) is 0 Å². The fourth-order valence-electron chi connectivity index (χ4n) is 2.29. The molecule has 0 amide bonds. The molecule has 1 saturated heterocycles. The molecule has 19 heavy (non-hydrogen) atoms. The van der Waals surface area contributed by atoms with Crippen LogP contribution in [0.4, 0.5) is 0 Å². The van der Waals surface area contributed by atoms with Crippen LogP contribution in [0, 0.1) is 11.3 Å². The van der Waals surface area contributed by atoms with Crippen LogP contribution in [0.3, 0.4) is 0 Å². The summed E-state index contributed by atoms with van der Waals surface area (Å²) in [5, 5.41) is 22.3. The second-order valence-electron chi connectivity index (χ2n) is 5.31. The molecule has 1 fully saturated rings. The summed E-state index contributed by atoms with van der Waals surface area (Å²) in [7, 11) is 0. The molecule has 2 N–H and O–H groups in total. The number of β-amino-alcohol motifs (C(OH)–C–C–N with tert-alkyl or cyclic N) is 1. The lowest BCUT2D eigenvalue weighted by atomic mass is 9.94. The van der Waals surface area contributed by atoms with Gasteiger partial charge in [-0.15, -0.1) is 0 Å². The van der Waals surface area contributed by atoms with E-state index in [0.717, 1.165) is 18.6 Å². The molecule has 0 saturated carbocycles. The highest BCUT2D eigenvalue weighted by atomic mass is 16.5. The topological polar surface area (TPSA) is 65.3 Å². The maximum absolute atomic E-state index is 10.2. The molecule has 1 aliphatic heterocycles. The summed E-state index contributed by atoms with van der Waals surface area (Å²) >= 11 is 0. The van der Waals surface area contributed by atoms with Gasteiger partial charge in [0.05, 0.1) is 23.8 Å². The smallest absolute Gasteiger partial charge is 0.0991 e. The normalized spacial score (nSPS) is 28.0. The molecule has 1 heterocycles. The average molecular weight is 260 g/mol. The van der Waals surface area contributed by atoms with Gasteiger partial charge in [0.2, 0.25) is 0 Å². The van der Waals surface area contributed by atoms with Gasteiger partial charge in [0, 0.05) is 18.7 Å². The van der Waals surface area contributed by atoms with Crippen molar-refractivity contribution in [1.82, 2.24) is 5.32 Å². The molecule has 0 aromatic heterocycles.